The molecular weight excluding hydrogens is 225 g/mol. The molecule has 2 rings (SSSR count). The smallest absolute Gasteiger partial charge is 0.163 e. The molecule has 0 saturated carbocycles. The number of anilines is 1. The number of benzene rings is 1. The molecule has 0 bridgehead atoms. The zero-order chi connectivity index (χ0) is 12.5. The SMILES string of the molecule is CC1(C)OCC(COc2cc(N)cc(F)c2)O1. The van der Waals surface area contributed by atoms with Gasteiger partial charge in [0, 0.05) is 17.8 Å². The Morgan fingerprint density at radius 3 is 2.82 bits per heavy atom. The van der Waals surface area contributed by atoms with Crippen molar-refractivity contribution in [2.75, 3.05) is 18.9 Å². The fourth-order valence-electron chi connectivity index (χ4n) is 1.70. The van der Waals surface area contributed by atoms with Crippen molar-refractivity contribution in [2.45, 2.75) is 25.7 Å². The van der Waals surface area contributed by atoms with Crippen LogP contribution < -0.4 is 10.5 Å². The minimum absolute atomic E-state index is 0.144. The molecule has 0 spiro atoms. The van der Waals surface area contributed by atoms with Crippen molar-refractivity contribution < 1.29 is 18.6 Å². The molecular formula is C12H16FNO3. The lowest BCUT2D eigenvalue weighted by Gasteiger charge is -2.17. The van der Waals surface area contributed by atoms with Gasteiger partial charge >= 0.3 is 0 Å². The summed E-state index contributed by atoms with van der Waals surface area (Å²) in [5.74, 6) is -0.589. The summed E-state index contributed by atoms with van der Waals surface area (Å²) in [5, 5.41) is 0. The lowest BCUT2D eigenvalue weighted by atomic mass is 10.3. The first kappa shape index (κ1) is 12.1. The van der Waals surface area contributed by atoms with Crippen molar-refractivity contribution in [2.24, 2.45) is 0 Å². The summed E-state index contributed by atoms with van der Waals surface area (Å²) in [6.07, 6.45) is -0.144. The number of hydrogen-bond donors (Lipinski definition) is 1. The Bertz CT molecular complexity index is 388. The van der Waals surface area contributed by atoms with Crippen LogP contribution in [0.3, 0.4) is 0 Å². The summed E-state index contributed by atoms with van der Waals surface area (Å²) < 4.78 is 29.4. The highest BCUT2D eigenvalue weighted by Gasteiger charge is 2.32. The molecule has 1 aromatic carbocycles. The molecule has 1 atom stereocenters. The Morgan fingerprint density at radius 2 is 2.24 bits per heavy atom. The maximum Gasteiger partial charge on any atom is 0.163 e. The summed E-state index contributed by atoms with van der Waals surface area (Å²) in [6, 6.07) is 4.10. The number of nitrogen functional groups attached to an aromatic ring is 1. The lowest BCUT2D eigenvalue weighted by Crippen LogP contribution is -2.25. The Kier molecular flexibility index (Phi) is 3.22. The van der Waals surface area contributed by atoms with E-state index in [2.05, 4.69) is 0 Å². The van der Waals surface area contributed by atoms with Crippen LogP contribution in [0.4, 0.5) is 10.1 Å². The van der Waals surface area contributed by atoms with Crippen molar-refractivity contribution in [1.29, 1.82) is 0 Å². The fourth-order valence-corrected chi connectivity index (χ4v) is 1.70. The topological polar surface area (TPSA) is 53.7 Å². The molecule has 1 saturated heterocycles. The third-order valence-electron chi connectivity index (χ3n) is 2.40. The highest BCUT2D eigenvalue weighted by molar-refractivity contribution is 5.44. The van der Waals surface area contributed by atoms with E-state index in [9.17, 15) is 4.39 Å². The van der Waals surface area contributed by atoms with Gasteiger partial charge in [-0.15, -0.1) is 0 Å². The molecule has 17 heavy (non-hydrogen) atoms. The number of halogens is 1. The van der Waals surface area contributed by atoms with Gasteiger partial charge in [0.1, 0.15) is 24.3 Å². The van der Waals surface area contributed by atoms with Crippen LogP contribution in [0, 0.1) is 5.82 Å². The van der Waals surface area contributed by atoms with Crippen LogP contribution in [-0.2, 0) is 9.47 Å². The first-order valence-electron chi connectivity index (χ1n) is 5.45. The second-order valence-electron chi connectivity index (χ2n) is 4.48. The molecule has 0 radical (unpaired) electrons. The average molecular weight is 241 g/mol. The maximum absolute atomic E-state index is 13.0. The van der Waals surface area contributed by atoms with E-state index in [1.807, 2.05) is 13.8 Å². The Labute approximate surface area is 99.5 Å². The van der Waals surface area contributed by atoms with E-state index in [0.29, 0.717) is 24.7 Å². The number of hydrogen-bond acceptors (Lipinski definition) is 4. The zero-order valence-corrected chi connectivity index (χ0v) is 9.90. The van der Waals surface area contributed by atoms with Crippen molar-refractivity contribution in [3.63, 3.8) is 0 Å². The predicted molar refractivity (Wildman–Crippen MR) is 61.2 cm³/mol. The van der Waals surface area contributed by atoms with Gasteiger partial charge in [0.25, 0.3) is 0 Å². The van der Waals surface area contributed by atoms with E-state index in [1.165, 1.54) is 12.1 Å². The van der Waals surface area contributed by atoms with Crippen LogP contribution in [0.1, 0.15) is 13.8 Å². The quantitative estimate of drug-likeness (QED) is 0.822. The molecule has 1 fully saturated rings. The maximum atomic E-state index is 13.0. The number of nitrogens with two attached hydrogens (primary N) is 1. The summed E-state index contributed by atoms with van der Waals surface area (Å²) in [7, 11) is 0. The summed E-state index contributed by atoms with van der Waals surface area (Å²) in [5.41, 5.74) is 5.85. The third kappa shape index (κ3) is 3.31. The Morgan fingerprint density at radius 1 is 1.47 bits per heavy atom. The van der Waals surface area contributed by atoms with Gasteiger partial charge in [0.15, 0.2) is 5.79 Å². The van der Waals surface area contributed by atoms with E-state index in [-0.39, 0.29) is 6.10 Å². The van der Waals surface area contributed by atoms with Gasteiger partial charge in [0.2, 0.25) is 0 Å². The number of ether oxygens (including phenoxy) is 3. The normalized spacial score (nSPS) is 22.6. The van der Waals surface area contributed by atoms with Gasteiger partial charge in [-0.05, 0) is 19.9 Å². The molecule has 1 aliphatic rings. The second-order valence-corrected chi connectivity index (χ2v) is 4.48. The van der Waals surface area contributed by atoms with Crippen LogP contribution in [0.2, 0.25) is 0 Å². The largest absolute Gasteiger partial charge is 0.491 e. The van der Waals surface area contributed by atoms with Gasteiger partial charge in [-0.25, -0.2) is 4.39 Å². The van der Waals surface area contributed by atoms with Crippen molar-refractivity contribution in [1.82, 2.24) is 0 Å². The zero-order valence-electron chi connectivity index (χ0n) is 9.90. The van der Waals surface area contributed by atoms with E-state index in [1.54, 1.807) is 6.07 Å². The van der Waals surface area contributed by atoms with Gasteiger partial charge in [-0.3, -0.25) is 0 Å². The second kappa shape index (κ2) is 4.50. The fraction of sp³-hybridized carbons (Fsp3) is 0.500. The first-order chi connectivity index (χ1) is 7.94. The van der Waals surface area contributed by atoms with Crippen molar-refractivity contribution in [3.8, 4) is 5.75 Å². The minimum Gasteiger partial charge on any atom is -0.491 e. The summed E-state index contributed by atoms with van der Waals surface area (Å²) >= 11 is 0. The van der Waals surface area contributed by atoms with Crippen LogP contribution in [0.25, 0.3) is 0 Å². The molecule has 1 heterocycles. The van der Waals surface area contributed by atoms with Gasteiger partial charge in [-0.2, -0.15) is 0 Å². The van der Waals surface area contributed by atoms with E-state index in [0.717, 1.165) is 0 Å². The van der Waals surface area contributed by atoms with E-state index < -0.39 is 11.6 Å². The molecule has 5 heteroatoms. The van der Waals surface area contributed by atoms with Gasteiger partial charge < -0.3 is 19.9 Å². The monoisotopic (exact) mass is 241 g/mol. The van der Waals surface area contributed by atoms with Crippen molar-refractivity contribution >= 4 is 5.69 Å². The van der Waals surface area contributed by atoms with Crippen LogP contribution >= 0.6 is 0 Å². The molecule has 0 aliphatic carbocycles. The highest BCUT2D eigenvalue weighted by atomic mass is 19.1. The Hall–Kier alpha value is -1.33. The van der Waals surface area contributed by atoms with Crippen LogP contribution in [-0.4, -0.2) is 25.1 Å². The lowest BCUT2D eigenvalue weighted by molar-refractivity contribution is -0.141. The van der Waals surface area contributed by atoms with Crippen LogP contribution in [0.15, 0.2) is 18.2 Å². The minimum atomic E-state index is -0.574. The van der Waals surface area contributed by atoms with Gasteiger partial charge in [-0.1, -0.05) is 0 Å². The molecule has 1 aromatic rings. The molecule has 1 unspecified atom stereocenters. The van der Waals surface area contributed by atoms with E-state index >= 15 is 0 Å². The predicted octanol–water partition coefficient (Wildman–Crippen LogP) is 1.94. The molecule has 0 aromatic heterocycles. The molecule has 94 valence electrons. The van der Waals surface area contributed by atoms with Gasteiger partial charge in [0.05, 0.1) is 6.61 Å². The van der Waals surface area contributed by atoms with Crippen molar-refractivity contribution in [3.05, 3.63) is 24.0 Å². The number of rotatable bonds is 3. The van der Waals surface area contributed by atoms with Crippen LogP contribution in [0.5, 0.6) is 5.75 Å². The first-order valence-corrected chi connectivity index (χ1v) is 5.45. The molecule has 2 N–H and O–H groups in total. The third-order valence-corrected chi connectivity index (χ3v) is 2.40. The molecule has 1 aliphatic heterocycles. The molecule has 0 amide bonds. The standard InChI is InChI=1S/C12H16FNO3/c1-12(2)16-7-11(17-12)6-15-10-4-8(13)3-9(14)5-10/h3-5,11H,6-7,14H2,1-2H3. The average Bonchev–Trinajstić information content (AvgIpc) is 2.54. The Balaban J connectivity index is 1.90. The van der Waals surface area contributed by atoms with E-state index in [4.69, 9.17) is 19.9 Å². The molecule has 4 nitrogen and oxygen atoms in total. The highest BCUT2D eigenvalue weighted by Crippen LogP contribution is 2.24. The summed E-state index contributed by atoms with van der Waals surface area (Å²) in [6.45, 7) is 4.46. The summed E-state index contributed by atoms with van der Waals surface area (Å²) in [4.78, 5) is 0.